The fraction of sp³-hybridized carbons (Fsp3) is 0.222. The number of aliphatic carboxylic acids is 1. The minimum Gasteiger partial charge on any atom is -0.547 e. The zero-order valence-electron chi connectivity index (χ0n) is 7.43. The summed E-state index contributed by atoms with van der Waals surface area (Å²) in [6, 6.07) is 3.74. The van der Waals surface area contributed by atoms with Crippen LogP contribution in [0.15, 0.2) is 18.2 Å². The van der Waals surface area contributed by atoms with Gasteiger partial charge in [0.1, 0.15) is 6.10 Å². The molecule has 0 amide bonds. The van der Waals surface area contributed by atoms with E-state index in [-0.39, 0.29) is 17.1 Å². The zero-order chi connectivity index (χ0) is 10.7. The number of carbonyl (C=O) groups is 1. The summed E-state index contributed by atoms with van der Waals surface area (Å²) in [7, 11) is 1.32. The molecule has 1 rings (SSSR count). The molecule has 0 saturated heterocycles. The first-order chi connectivity index (χ1) is 6.56. The van der Waals surface area contributed by atoms with E-state index >= 15 is 0 Å². The summed E-state index contributed by atoms with van der Waals surface area (Å²) in [6.45, 7) is 0. The minimum absolute atomic E-state index is 0.0969. The maximum absolute atomic E-state index is 10.3. The third-order valence-electron chi connectivity index (χ3n) is 1.74. The predicted octanol–water partition coefficient (Wildman–Crippen LogP) is -0.816. The number of hydrogen-bond donors (Lipinski definition) is 2. The van der Waals surface area contributed by atoms with E-state index in [1.54, 1.807) is 0 Å². The van der Waals surface area contributed by atoms with Crippen molar-refractivity contribution in [1.29, 1.82) is 0 Å². The van der Waals surface area contributed by atoms with Crippen molar-refractivity contribution in [1.82, 2.24) is 0 Å². The fourth-order valence-electron chi connectivity index (χ4n) is 1.00. The van der Waals surface area contributed by atoms with Gasteiger partial charge in [-0.05, 0) is 17.7 Å². The van der Waals surface area contributed by atoms with E-state index in [1.807, 2.05) is 0 Å². The topological polar surface area (TPSA) is 89.8 Å². The van der Waals surface area contributed by atoms with Gasteiger partial charge in [-0.3, -0.25) is 0 Å². The molecule has 1 atom stereocenters. The van der Waals surface area contributed by atoms with Crippen LogP contribution in [0.3, 0.4) is 0 Å². The molecule has 5 heteroatoms. The van der Waals surface area contributed by atoms with Crippen molar-refractivity contribution < 1.29 is 24.9 Å². The van der Waals surface area contributed by atoms with Gasteiger partial charge in [-0.25, -0.2) is 0 Å². The summed E-state index contributed by atoms with van der Waals surface area (Å²) in [5.74, 6) is -1.62. The van der Waals surface area contributed by atoms with Gasteiger partial charge < -0.3 is 24.9 Å². The van der Waals surface area contributed by atoms with Crippen LogP contribution in [0.1, 0.15) is 11.7 Å². The van der Waals surface area contributed by atoms with Crippen molar-refractivity contribution in [2.24, 2.45) is 0 Å². The standard InChI is InChI=1S/C9H10O5/c1-14-7-4-5(2-3-6(7)10)8(11)9(12)13/h2-4,8,10-11H,1H3,(H,12,13)/p-1/t8-/m0/s1. The Morgan fingerprint density at radius 1 is 1.57 bits per heavy atom. The normalized spacial score (nSPS) is 12.1. The number of ether oxygens (including phenoxy) is 1. The first-order valence-electron chi connectivity index (χ1n) is 3.82. The Hall–Kier alpha value is -1.75. The van der Waals surface area contributed by atoms with E-state index in [9.17, 15) is 15.0 Å². The van der Waals surface area contributed by atoms with Crippen LogP contribution in [-0.4, -0.2) is 23.3 Å². The molecule has 0 aliphatic rings. The highest BCUT2D eigenvalue weighted by atomic mass is 16.5. The number of phenols is 1. The zero-order valence-corrected chi connectivity index (χ0v) is 7.43. The Morgan fingerprint density at radius 2 is 2.21 bits per heavy atom. The van der Waals surface area contributed by atoms with Crippen molar-refractivity contribution in [3.05, 3.63) is 23.8 Å². The lowest BCUT2D eigenvalue weighted by atomic mass is 10.1. The summed E-state index contributed by atoms with van der Waals surface area (Å²) >= 11 is 0. The summed E-state index contributed by atoms with van der Waals surface area (Å²) in [5.41, 5.74) is 0.0969. The number of aliphatic hydroxyl groups excluding tert-OH is 1. The average molecular weight is 197 g/mol. The molecule has 0 heterocycles. The van der Waals surface area contributed by atoms with Crippen LogP contribution < -0.4 is 9.84 Å². The number of rotatable bonds is 3. The molecule has 0 aliphatic carbocycles. The van der Waals surface area contributed by atoms with E-state index in [0.29, 0.717) is 0 Å². The van der Waals surface area contributed by atoms with Gasteiger partial charge >= 0.3 is 0 Å². The predicted molar refractivity (Wildman–Crippen MR) is 44.6 cm³/mol. The van der Waals surface area contributed by atoms with Crippen LogP contribution in [0.25, 0.3) is 0 Å². The van der Waals surface area contributed by atoms with Crippen LogP contribution in [0, 0.1) is 0 Å². The lowest BCUT2D eigenvalue weighted by Gasteiger charge is -2.13. The highest BCUT2D eigenvalue weighted by Gasteiger charge is 2.11. The summed E-state index contributed by atoms with van der Waals surface area (Å²) in [4.78, 5) is 10.3. The number of methoxy groups -OCH3 is 1. The van der Waals surface area contributed by atoms with Crippen LogP contribution >= 0.6 is 0 Å². The fourth-order valence-corrected chi connectivity index (χ4v) is 1.00. The Labute approximate surface area is 80.2 Å². The van der Waals surface area contributed by atoms with E-state index in [4.69, 9.17) is 9.84 Å². The van der Waals surface area contributed by atoms with Gasteiger partial charge in [0.25, 0.3) is 0 Å². The van der Waals surface area contributed by atoms with E-state index < -0.39 is 12.1 Å². The highest BCUT2D eigenvalue weighted by molar-refractivity contribution is 5.72. The third-order valence-corrected chi connectivity index (χ3v) is 1.74. The highest BCUT2D eigenvalue weighted by Crippen LogP contribution is 2.28. The van der Waals surface area contributed by atoms with Crippen LogP contribution in [0.2, 0.25) is 0 Å². The number of aromatic hydroxyl groups is 1. The second-order valence-electron chi connectivity index (χ2n) is 2.65. The second kappa shape index (κ2) is 3.97. The SMILES string of the molecule is COc1cc([C@H](O)C(=O)[O-])ccc1O. The summed E-state index contributed by atoms with van der Waals surface area (Å²) in [5, 5.41) is 28.6. The molecule has 0 aromatic heterocycles. The average Bonchev–Trinajstić information content (AvgIpc) is 2.17. The summed E-state index contributed by atoms with van der Waals surface area (Å²) < 4.78 is 4.74. The summed E-state index contributed by atoms with van der Waals surface area (Å²) in [6.07, 6.45) is -1.72. The number of carbonyl (C=O) groups excluding carboxylic acids is 1. The van der Waals surface area contributed by atoms with Crippen LogP contribution in [0.5, 0.6) is 11.5 Å². The van der Waals surface area contributed by atoms with Crippen molar-refractivity contribution >= 4 is 5.97 Å². The molecule has 76 valence electrons. The van der Waals surface area contributed by atoms with Gasteiger partial charge in [0.2, 0.25) is 0 Å². The monoisotopic (exact) mass is 197 g/mol. The molecule has 1 aromatic carbocycles. The number of aliphatic hydroxyl groups is 1. The maximum atomic E-state index is 10.3. The van der Waals surface area contributed by atoms with Gasteiger partial charge in [0.05, 0.1) is 13.1 Å². The Bertz CT molecular complexity index is 347. The van der Waals surface area contributed by atoms with Gasteiger partial charge in [0.15, 0.2) is 11.5 Å². The maximum Gasteiger partial charge on any atom is 0.160 e. The Kier molecular flexibility index (Phi) is 2.93. The number of phenolic OH excluding ortho intramolecular Hbond substituents is 1. The Balaban J connectivity index is 3.06. The van der Waals surface area contributed by atoms with E-state index in [2.05, 4.69) is 0 Å². The molecule has 0 saturated carbocycles. The van der Waals surface area contributed by atoms with Gasteiger partial charge in [0, 0.05) is 0 Å². The smallest absolute Gasteiger partial charge is 0.160 e. The van der Waals surface area contributed by atoms with Crippen molar-refractivity contribution in [3.8, 4) is 11.5 Å². The number of hydrogen-bond acceptors (Lipinski definition) is 5. The third kappa shape index (κ3) is 1.94. The molecule has 0 bridgehead atoms. The number of carboxylic acids is 1. The molecular formula is C9H9O5-. The molecule has 0 unspecified atom stereocenters. The molecule has 1 aromatic rings. The number of carboxylic acid groups (broad SMARTS) is 1. The van der Waals surface area contributed by atoms with E-state index in [1.165, 1.54) is 25.3 Å². The van der Waals surface area contributed by atoms with Crippen molar-refractivity contribution in [2.75, 3.05) is 7.11 Å². The molecule has 0 fully saturated rings. The van der Waals surface area contributed by atoms with Crippen molar-refractivity contribution in [2.45, 2.75) is 6.10 Å². The van der Waals surface area contributed by atoms with E-state index in [0.717, 1.165) is 0 Å². The molecule has 2 N–H and O–H groups in total. The molecule has 0 spiro atoms. The second-order valence-corrected chi connectivity index (χ2v) is 2.65. The van der Waals surface area contributed by atoms with Crippen molar-refractivity contribution in [3.63, 3.8) is 0 Å². The largest absolute Gasteiger partial charge is 0.547 e. The molecular weight excluding hydrogens is 188 g/mol. The first-order valence-corrected chi connectivity index (χ1v) is 3.82. The minimum atomic E-state index is -1.72. The molecule has 14 heavy (non-hydrogen) atoms. The quantitative estimate of drug-likeness (QED) is 0.661. The van der Waals surface area contributed by atoms with Gasteiger partial charge in [-0.15, -0.1) is 0 Å². The Morgan fingerprint density at radius 3 is 2.71 bits per heavy atom. The van der Waals surface area contributed by atoms with Gasteiger partial charge in [-0.1, -0.05) is 6.07 Å². The number of benzene rings is 1. The first kappa shape index (κ1) is 10.3. The molecule has 0 radical (unpaired) electrons. The molecule has 5 nitrogen and oxygen atoms in total. The van der Waals surface area contributed by atoms with Crippen LogP contribution in [-0.2, 0) is 4.79 Å². The lowest BCUT2D eigenvalue weighted by molar-refractivity contribution is -0.315. The van der Waals surface area contributed by atoms with Gasteiger partial charge in [-0.2, -0.15) is 0 Å². The van der Waals surface area contributed by atoms with Crippen LogP contribution in [0.4, 0.5) is 0 Å². The molecule has 0 aliphatic heterocycles. The lowest BCUT2D eigenvalue weighted by Crippen LogP contribution is -2.29.